The topological polar surface area (TPSA) is 9.23 Å². The van der Waals surface area contributed by atoms with Crippen LogP contribution in [0.3, 0.4) is 0 Å². The van der Waals surface area contributed by atoms with Crippen LogP contribution in [0, 0.1) is 0 Å². The van der Waals surface area contributed by atoms with Gasteiger partial charge in [-0.15, -0.1) is 0 Å². The Labute approximate surface area is 115 Å². The molecule has 2 aromatic rings. The van der Waals surface area contributed by atoms with E-state index in [0.29, 0.717) is 5.76 Å². The Morgan fingerprint density at radius 3 is 2.00 bits per heavy atom. The van der Waals surface area contributed by atoms with E-state index in [-0.39, 0.29) is 5.41 Å². The fraction of sp³-hybridized carbons (Fsp3) is 0.222. The molecule has 0 unspecified atom stereocenters. The van der Waals surface area contributed by atoms with Crippen molar-refractivity contribution in [1.29, 1.82) is 0 Å². The molecule has 2 rings (SSSR count). The van der Waals surface area contributed by atoms with Crippen LogP contribution in [0.15, 0.2) is 61.2 Å². The molecule has 0 saturated heterocycles. The Morgan fingerprint density at radius 1 is 0.895 bits per heavy atom. The molecule has 0 radical (unpaired) electrons. The standard InChI is InChI=1S/C18H20O/c1-14(15-8-6-5-7-9-15)19-17-12-10-16(11-13-17)18(2,3)4/h5-13H,1H2,2-4H3. The number of benzene rings is 2. The summed E-state index contributed by atoms with van der Waals surface area (Å²) in [6.07, 6.45) is 0. The van der Waals surface area contributed by atoms with Crippen LogP contribution in [-0.2, 0) is 5.41 Å². The molecule has 0 heterocycles. The summed E-state index contributed by atoms with van der Waals surface area (Å²) in [7, 11) is 0. The van der Waals surface area contributed by atoms with Crippen LogP contribution in [0.5, 0.6) is 5.75 Å². The fourth-order valence-corrected chi connectivity index (χ4v) is 1.85. The molecule has 0 bridgehead atoms. The summed E-state index contributed by atoms with van der Waals surface area (Å²) in [4.78, 5) is 0. The zero-order valence-corrected chi connectivity index (χ0v) is 11.8. The van der Waals surface area contributed by atoms with Gasteiger partial charge in [-0.05, 0) is 23.1 Å². The van der Waals surface area contributed by atoms with Crippen molar-refractivity contribution in [2.24, 2.45) is 0 Å². The van der Waals surface area contributed by atoms with Crippen LogP contribution < -0.4 is 4.74 Å². The lowest BCUT2D eigenvalue weighted by Gasteiger charge is -2.19. The summed E-state index contributed by atoms with van der Waals surface area (Å²) in [5.74, 6) is 1.49. The average molecular weight is 252 g/mol. The predicted molar refractivity (Wildman–Crippen MR) is 81.2 cm³/mol. The van der Waals surface area contributed by atoms with Crippen molar-refractivity contribution in [2.45, 2.75) is 26.2 Å². The van der Waals surface area contributed by atoms with Crippen LogP contribution in [0.2, 0.25) is 0 Å². The van der Waals surface area contributed by atoms with Crippen molar-refractivity contribution in [3.05, 3.63) is 72.3 Å². The molecule has 0 N–H and O–H groups in total. The lowest BCUT2D eigenvalue weighted by molar-refractivity contribution is 0.514. The van der Waals surface area contributed by atoms with Gasteiger partial charge in [-0.3, -0.25) is 0 Å². The highest BCUT2D eigenvalue weighted by molar-refractivity contribution is 5.59. The van der Waals surface area contributed by atoms with Crippen molar-refractivity contribution in [2.75, 3.05) is 0 Å². The van der Waals surface area contributed by atoms with E-state index in [1.54, 1.807) is 0 Å². The second kappa shape index (κ2) is 5.31. The minimum absolute atomic E-state index is 0.162. The molecule has 0 saturated carbocycles. The first kappa shape index (κ1) is 13.4. The Hall–Kier alpha value is -2.02. The highest BCUT2D eigenvalue weighted by Gasteiger charge is 2.13. The van der Waals surface area contributed by atoms with Gasteiger partial charge in [0, 0.05) is 5.56 Å². The van der Waals surface area contributed by atoms with E-state index in [0.717, 1.165) is 11.3 Å². The minimum Gasteiger partial charge on any atom is -0.457 e. The molecule has 19 heavy (non-hydrogen) atoms. The quantitative estimate of drug-likeness (QED) is 0.696. The summed E-state index contributed by atoms with van der Waals surface area (Å²) in [5, 5.41) is 0. The lowest BCUT2D eigenvalue weighted by atomic mass is 9.87. The van der Waals surface area contributed by atoms with Crippen LogP contribution >= 0.6 is 0 Å². The van der Waals surface area contributed by atoms with Gasteiger partial charge in [0.15, 0.2) is 0 Å². The van der Waals surface area contributed by atoms with Gasteiger partial charge in [-0.1, -0.05) is 69.8 Å². The summed E-state index contributed by atoms with van der Waals surface area (Å²) in [5.41, 5.74) is 2.46. The van der Waals surface area contributed by atoms with Gasteiger partial charge in [-0.2, -0.15) is 0 Å². The van der Waals surface area contributed by atoms with Gasteiger partial charge in [-0.25, -0.2) is 0 Å². The van der Waals surface area contributed by atoms with Gasteiger partial charge in [0.2, 0.25) is 0 Å². The maximum atomic E-state index is 5.77. The van der Waals surface area contributed by atoms with Crippen molar-refractivity contribution < 1.29 is 4.74 Å². The summed E-state index contributed by atoms with van der Waals surface area (Å²) >= 11 is 0. The van der Waals surface area contributed by atoms with Crippen LogP contribution in [0.4, 0.5) is 0 Å². The van der Waals surface area contributed by atoms with Crippen LogP contribution in [0.1, 0.15) is 31.9 Å². The molecule has 0 spiro atoms. The normalized spacial score (nSPS) is 11.1. The third-order valence-electron chi connectivity index (χ3n) is 3.06. The van der Waals surface area contributed by atoms with E-state index in [1.807, 2.05) is 42.5 Å². The second-order valence-corrected chi connectivity index (χ2v) is 5.67. The summed E-state index contributed by atoms with van der Waals surface area (Å²) in [6, 6.07) is 18.1. The van der Waals surface area contributed by atoms with E-state index in [4.69, 9.17) is 4.74 Å². The summed E-state index contributed by atoms with van der Waals surface area (Å²) in [6.45, 7) is 10.6. The SMILES string of the molecule is C=C(Oc1ccc(C(C)(C)C)cc1)c1ccccc1. The first-order valence-electron chi connectivity index (χ1n) is 6.49. The van der Waals surface area contributed by atoms with Crippen LogP contribution in [0.25, 0.3) is 5.76 Å². The van der Waals surface area contributed by atoms with E-state index in [2.05, 4.69) is 39.5 Å². The van der Waals surface area contributed by atoms with E-state index in [1.165, 1.54) is 5.56 Å². The molecule has 2 aromatic carbocycles. The number of hydrogen-bond donors (Lipinski definition) is 0. The number of ether oxygens (including phenoxy) is 1. The third-order valence-corrected chi connectivity index (χ3v) is 3.06. The first-order chi connectivity index (χ1) is 8.97. The Balaban J connectivity index is 2.10. The van der Waals surface area contributed by atoms with Crippen molar-refractivity contribution in [3.8, 4) is 5.75 Å². The summed E-state index contributed by atoms with van der Waals surface area (Å²) < 4.78 is 5.77. The number of rotatable bonds is 3. The first-order valence-corrected chi connectivity index (χ1v) is 6.49. The Kier molecular flexibility index (Phi) is 3.75. The monoisotopic (exact) mass is 252 g/mol. The molecular weight excluding hydrogens is 232 g/mol. The predicted octanol–water partition coefficient (Wildman–Crippen LogP) is 5.03. The molecule has 1 nitrogen and oxygen atoms in total. The highest BCUT2D eigenvalue weighted by atomic mass is 16.5. The molecule has 0 aromatic heterocycles. The van der Waals surface area contributed by atoms with E-state index < -0.39 is 0 Å². The number of hydrogen-bond acceptors (Lipinski definition) is 1. The lowest BCUT2D eigenvalue weighted by Crippen LogP contribution is -2.10. The zero-order valence-electron chi connectivity index (χ0n) is 11.8. The molecular formula is C18H20O. The van der Waals surface area contributed by atoms with Crippen LogP contribution in [-0.4, -0.2) is 0 Å². The van der Waals surface area contributed by atoms with Crippen molar-refractivity contribution >= 4 is 5.76 Å². The Morgan fingerprint density at radius 2 is 1.47 bits per heavy atom. The smallest absolute Gasteiger partial charge is 0.127 e. The average Bonchev–Trinajstić information content (AvgIpc) is 2.39. The van der Waals surface area contributed by atoms with Gasteiger partial charge < -0.3 is 4.74 Å². The van der Waals surface area contributed by atoms with Gasteiger partial charge >= 0.3 is 0 Å². The molecule has 98 valence electrons. The van der Waals surface area contributed by atoms with Gasteiger partial charge in [0.1, 0.15) is 11.5 Å². The van der Waals surface area contributed by atoms with E-state index >= 15 is 0 Å². The third kappa shape index (κ3) is 3.47. The molecule has 0 aliphatic rings. The molecule has 0 aliphatic heterocycles. The van der Waals surface area contributed by atoms with Crippen molar-refractivity contribution in [3.63, 3.8) is 0 Å². The second-order valence-electron chi connectivity index (χ2n) is 5.67. The zero-order chi connectivity index (χ0) is 13.9. The highest BCUT2D eigenvalue weighted by Crippen LogP contribution is 2.26. The van der Waals surface area contributed by atoms with Crippen molar-refractivity contribution in [1.82, 2.24) is 0 Å². The minimum atomic E-state index is 0.162. The van der Waals surface area contributed by atoms with Gasteiger partial charge in [0.25, 0.3) is 0 Å². The fourth-order valence-electron chi connectivity index (χ4n) is 1.85. The molecule has 0 amide bonds. The molecule has 0 fully saturated rings. The van der Waals surface area contributed by atoms with Gasteiger partial charge in [0.05, 0.1) is 0 Å². The maximum absolute atomic E-state index is 5.77. The molecule has 0 atom stereocenters. The molecule has 1 heteroatoms. The Bertz CT molecular complexity index is 544. The largest absolute Gasteiger partial charge is 0.457 e. The maximum Gasteiger partial charge on any atom is 0.127 e. The molecule has 0 aliphatic carbocycles. The van der Waals surface area contributed by atoms with E-state index in [9.17, 15) is 0 Å².